The molecular weight excluding hydrogens is 374 g/mol. The first-order chi connectivity index (χ1) is 13.1. The van der Waals surface area contributed by atoms with E-state index in [1.807, 2.05) is 0 Å². The molecule has 0 saturated carbocycles. The van der Waals surface area contributed by atoms with E-state index in [2.05, 4.69) is 4.98 Å². The van der Waals surface area contributed by atoms with Crippen molar-refractivity contribution in [2.24, 2.45) is 0 Å². The maximum Gasteiger partial charge on any atom is 0.274 e. The molecule has 2 amide bonds. The van der Waals surface area contributed by atoms with Gasteiger partial charge in [0.1, 0.15) is 23.8 Å². The number of amides is 2. The van der Waals surface area contributed by atoms with Gasteiger partial charge in [0.05, 0.1) is 25.4 Å². The zero-order valence-electron chi connectivity index (χ0n) is 15.7. The van der Waals surface area contributed by atoms with Gasteiger partial charge in [-0.05, 0) is 12.1 Å². The van der Waals surface area contributed by atoms with Crippen molar-refractivity contribution in [3.63, 3.8) is 0 Å². The van der Waals surface area contributed by atoms with Crippen LogP contribution >= 0.6 is 0 Å². The van der Waals surface area contributed by atoms with Crippen molar-refractivity contribution in [1.82, 2.24) is 14.8 Å². The van der Waals surface area contributed by atoms with Gasteiger partial charge in [-0.1, -0.05) is 6.07 Å². The van der Waals surface area contributed by atoms with Gasteiger partial charge in [-0.25, -0.2) is 4.98 Å². The summed E-state index contributed by atoms with van der Waals surface area (Å²) in [6.45, 7) is -1.14. The van der Waals surface area contributed by atoms with Crippen molar-refractivity contribution in [3.8, 4) is 0 Å². The van der Waals surface area contributed by atoms with E-state index in [0.717, 1.165) is 9.80 Å². The van der Waals surface area contributed by atoms with Gasteiger partial charge >= 0.3 is 0 Å². The molecule has 0 aliphatic carbocycles. The summed E-state index contributed by atoms with van der Waals surface area (Å²) in [5.74, 6) is -1.43. The van der Waals surface area contributed by atoms with Gasteiger partial charge in [-0.15, -0.1) is 0 Å². The van der Waals surface area contributed by atoms with E-state index >= 15 is 0 Å². The lowest BCUT2D eigenvalue weighted by molar-refractivity contribution is -0.0213. The maximum absolute atomic E-state index is 12.4. The van der Waals surface area contributed by atoms with Crippen LogP contribution in [0.3, 0.4) is 0 Å². The monoisotopic (exact) mass is 401 g/mol. The SMILES string of the molecule is CN(C(=O)c1cccc(C(=O)N(C)C(O)CC(O)CO)n1)C(O)CC(O)CO. The summed E-state index contributed by atoms with van der Waals surface area (Å²) < 4.78 is 0. The number of aliphatic hydroxyl groups is 6. The quantitative estimate of drug-likeness (QED) is 0.229. The Morgan fingerprint density at radius 2 is 1.21 bits per heavy atom. The van der Waals surface area contributed by atoms with E-state index < -0.39 is 49.7 Å². The Morgan fingerprint density at radius 3 is 1.54 bits per heavy atom. The van der Waals surface area contributed by atoms with Gasteiger partial charge in [-0.2, -0.15) is 0 Å². The molecule has 6 N–H and O–H groups in total. The summed E-state index contributed by atoms with van der Waals surface area (Å²) in [7, 11) is 2.55. The van der Waals surface area contributed by atoms with Crippen LogP contribution in [0.1, 0.15) is 33.8 Å². The number of nitrogens with zero attached hydrogens (tertiary/aromatic N) is 3. The molecule has 0 fully saturated rings. The summed E-state index contributed by atoms with van der Waals surface area (Å²) in [6.07, 6.45) is -5.68. The van der Waals surface area contributed by atoms with Gasteiger partial charge in [0.15, 0.2) is 0 Å². The van der Waals surface area contributed by atoms with Crippen LogP contribution in [0.5, 0.6) is 0 Å². The van der Waals surface area contributed by atoms with Gasteiger partial charge in [-0.3, -0.25) is 9.59 Å². The molecule has 28 heavy (non-hydrogen) atoms. The molecule has 0 aromatic carbocycles. The van der Waals surface area contributed by atoms with Crippen molar-refractivity contribution in [3.05, 3.63) is 29.6 Å². The average molecular weight is 401 g/mol. The summed E-state index contributed by atoms with van der Waals surface area (Å²) in [6, 6.07) is 4.06. The summed E-state index contributed by atoms with van der Waals surface area (Å²) >= 11 is 0. The first-order valence-corrected chi connectivity index (χ1v) is 8.57. The maximum atomic E-state index is 12.4. The van der Waals surface area contributed by atoms with Crippen LogP contribution in [0.25, 0.3) is 0 Å². The smallest absolute Gasteiger partial charge is 0.274 e. The van der Waals surface area contributed by atoms with Crippen molar-refractivity contribution in [2.45, 2.75) is 37.5 Å². The van der Waals surface area contributed by atoms with Crippen LogP contribution in [0.2, 0.25) is 0 Å². The minimum Gasteiger partial charge on any atom is -0.394 e. The Morgan fingerprint density at radius 1 is 0.857 bits per heavy atom. The number of aliphatic hydroxyl groups excluding tert-OH is 6. The van der Waals surface area contributed by atoms with E-state index in [1.165, 1.54) is 32.3 Å². The van der Waals surface area contributed by atoms with Crippen LogP contribution in [0.4, 0.5) is 0 Å². The minimum absolute atomic E-state index is 0.149. The molecule has 4 atom stereocenters. The fourth-order valence-corrected chi connectivity index (χ4v) is 2.26. The van der Waals surface area contributed by atoms with Crippen LogP contribution in [-0.2, 0) is 0 Å². The largest absolute Gasteiger partial charge is 0.394 e. The molecule has 4 unspecified atom stereocenters. The van der Waals surface area contributed by atoms with E-state index in [9.17, 15) is 30.0 Å². The lowest BCUT2D eigenvalue weighted by atomic mass is 10.2. The zero-order chi connectivity index (χ0) is 21.4. The minimum atomic E-state index is -1.37. The Kier molecular flexibility index (Phi) is 9.38. The van der Waals surface area contributed by atoms with Crippen LogP contribution in [-0.4, -0.2) is 109 Å². The van der Waals surface area contributed by atoms with E-state index in [0.29, 0.717) is 0 Å². The highest BCUT2D eigenvalue weighted by Gasteiger charge is 2.25. The summed E-state index contributed by atoms with van der Waals surface area (Å²) in [5, 5.41) is 56.3. The molecule has 158 valence electrons. The molecule has 0 bridgehead atoms. The highest BCUT2D eigenvalue weighted by Crippen LogP contribution is 2.11. The van der Waals surface area contributed by atoms with Gasteiger partial charge < -0.3 is 40.4 Å². The van der Waals surface area contributed by atoms with E-state index in [4.69, 9.17) is 10.2 Å². The van der Waals surface area contributed by atoms with Crippen molar-refractivity contribution in [1.29, 1.82) is 0 Å². The fourth-order valence-electron chi connectivity index (χ4n) is 2.26. The van der Waals surface area contributed by atoms with Gasteiger partial charge in [0.25, 0.3) is 11.8 Å². The van der Waals surface area contributed by atoms with Gasteiger partial charge in [0, 0.05) is 26.9 Å². The molecule has 0 radical (unpaired) electrons. The Labute approximate surface area is 162 Å². The van der Waals surface area contributed by atoms with Crippen molar-refractivity contribution >= 4 is 11.8 Å². The number of carbonyl (C=O) groups excluding carboxylic acids is 2. The zero-order valence-corrected chi connectivity index (χ0v) is 15.7. The molecule has 0 aliphatic heterocycles. The van der Waals surface area contributed by atoms with Crippen LogP contribution in [0.15, 0.2) is 18.2 Å². The summed E-state index contributed by atoms with van der Waals surface area (Å²) in [5.41, 5.74) is -0.298. The molecule has 0 saturated heterocycles. The molecule has 0 spiro atoms. The predicted molar refractivity (Wildman–Crippen MR) is 95.9 cm³/mol. The number of rotatable bonds is 10. The van der Waals surface area contributed by atoms with Crippen LogP contribution < -0.4 is 0 Å². The van der Waals surface area contributed by atoms with Crippen molar-refractivity contribution in [2.75, 3.05) is 27.3 Å². The third kappa shape index (κ3) is 6.48. The second-order valence-electron chi connectivity index (χ2n) is 6.35. The third-order valence-electron chi connectivity index (χ3n) is 4.11. The second-order valence-corrected chi connectivity index (χ2v) is 6.35. The topological polar surface area (TPSA) is 175 Å². The van der Waals surface area contributed by atoms with Gasteiger partial charge in [0.2, 0.25) is 0 Å². The van der Waals surface area contributed by atoms with E-state index in [-0.39, 0.29) is 24.2 Å². The molecular formula is C17H27N3O8. The fraction of sp³-hybridized carbons (Fsp3) is 0.588. The molecule has 1 heterocycles. The Balaban J connectivity index is 2.90. The molecule has 11 heteroatoms. The number of hydrogen-bond donors (Lipinski definition) is 6. The number of pyridine rings is 1. The highest BCUT2D eigenvalue weighted by molar-refractivity contribution is 5.96. The first-order valence-electron chi connectivity index (χ1n) is 8.57. The first kappa shape index (κ1) is 23.9. The third-order valence-corrected chi connectivity index (χ3v) is 4.11. The van der Waals surface area contributed by atoms with E-state index in [1.54, 1.807) is 0 Å². The number of aromatic nitrogens is 1. The average Bonchev–Trinajstić information content (AvgIpc) is 2.70. The molecule has 1 rings (SSSR count). The molecule has 11 nitrogen and oxygen atoms in total. The predicted octanol–water partition coefficient (Wildman–Crippen LogP) is -2.65. The normalized spacial score (nSPS) is 15.4. The Bertz CT molecular complexity index is 608. The number of carbonyl (C=O) groups is 2. The molecule has 1 aromatic rings. The van der Waals surface area contributed by atoms with Crippen LogP contribution in [0, 0.1) is 0 Å². The lowest BCUT2D eigenvalue weighted by Crippen LogP contribution is -2.41. The number of hydrogen-bond acceptors (Lipinski definition) is 9. The second kappa shape index (κ2) is 11.0. The standard InChI is InChI=1S/C17H27N3O8/c1-19(14(25)6-10(23)8-21)16(27)12-4-3-5-13(18-12)17(28)20(2)15(26)7-11(24)9-22/h3-5,10-11,14-15,21-26H,6-9H2,1-2H3. The lowest BCUT2D eigenvalue weighted by Gasteiger charge is -2.26. The summed E-state index contributed by atoms with van der Waals surface area (Å²) in [4.78, 5) is 30.7. The highest BCUT2D eigenvalue weighted by atomic mass is 16.3. The molecule has 1 aromatic heterocycles. The van der Waals surface area contributed by atoms with Crippen molar-refractivity contribution < 1.29 is 40.2 Å². The Hall–Kier alpha value is -2.15. The molecule has 0 aliphatic rings.